The molecule has 1 aliphatic heterocycles. The molecule has 0 aromatic carbocycles. The Morgan fingerprint density at radius 3 is 3.29 bits per heavy atom. The van der Waals surface area contributed by atoms with Gasteiger partial charge in [-0.25, -0.2) is 0 Å². The van der Waals surface area contributed by atoms with Gasteiger partial charge in [-0.1, -0.05) is 6.42 Å². The van der Waals surface area contributed by atoms with Crippen LogP contribution < -0.4 is 0 Å². The van der Waals surface area contributed by atoms with Crippen LogP contribution in [0, 0.1) is 6.42 Å². The summed E-state index contributed by atoms with van der Waals surface area (Å²) in [7, 11) is 0. The summed E-state index contributed by atoms with van der Waals surface area (Å²) in [5.41, 5.74) is 0. The van der Waals surface area contributed by atoms with Crippen molar-refractivity contribution < 1.29 is 0 Å². The van der Waals surface area contributed by atoms with Crippen LogP contribution in [0.2, 0.25) is 0 Å². The topological polar surface area (TPSA) is 12.4 Å². The number of hydrogen-bond acceptors (Lipinski definition) is 1. The first kappa shape index (κ1) is 4.82. The predicted octanol–water partition coefficient (Wildman–Crippen LogP) is 1.45. The lowest BCUT2D eigenvalue weighted by Crippen LogP contribution is -1.73. The molecule has 0 aliphatic carbocycles. The molecule has 1 heterocycles. The van der Waals surface area contributed by atoms with Gasteiger partial charge in [0.2, 0.25) is 0 Å². The molecule has 39 valence electrons. The average Bonchev–Trinajstić information content (AvgIpc) is 1.90. The van der Waals surface area contributed by atoms with Gasteiger partial charge < -0.3 is 0 Å². The zero-order chi connectivity index (χ0) is 4.95. The van der Waals surface area contributed by atoms with E-state index in [1.54, 1.807) is 0 Å². The van der Waals surface area contributed by atoms with Crippen molar-refractivity contribution in [3.8, 4) is 0 Å². The van der Waals surface area contributed by atoms with Gasteiger partial charge in [-0.15, -0.1) is 0 Å². The molecule has 1 heteroatoms. The van der Waals surface area contributed by atoms with Crippen molar-refractivity contribution in [1.29, 1.82) is 0 Å². The van der Waals surface area contributed by atoms with Crippen LogP contribution in [0.3, 0.4) is 0 Å². The Kier molecular flexibility index (Phi) is 1.91. The fourth-order valence-corrected chi connectivity index (χ4v) is 0.689. The monoisotopic (exact) mass is 96.1 g/mol. The molecular weight excluding hydrogens is 86.1 g/mol. The molecule has 1 rings (SSSR count). The predicted molar refractivity (Wildman–Crippen MR) is 31.5 cm³/mol. The highest BCUT2D eigenvalue weighted by molar-refractivity contribution is 5.67. The maximum atomic E-state index is 4.09. The molecule has 1 aliphatic rings. The van der Waals surface area contributed by atoms with E-state index < -0.39 is 0 Å². The second kappa shape index (κ2) is 2.78. The summed E-state index contributed by atoms with van der Waals surface area (Å²) in [5, 5.41) is 0. The van der Waals surface area contributed by atoms with E-state index in [0.29, 0.717) is 0 Å². The first-order valence-electron chi connectivity index (χ1n) is 2.82. The highest BCUT2D eigenvalue weighted by Crippen LogP contribution is 2.00. The summed E-state index contributed by atoms with van der Waals surface area (Å²) >= 11 is 0. The van der Waals surface area contributed by atoms with E-state index in [1.807, 2.05) is 6.21 Å². The van der Waals surface area contributed by atoms with Crippen molar-refractivity contribution in [2.24, 2.45) is 4.99 Å². The third-order valence-electron chi connectivity index (χ3n) is 1.12. The minimum atomic E-state index is 1.04. The minimum absolute atomic E-state index is 1.04. The first-order chi connectivity index (χ1) is 3.50. The van der Waals surface area contributed by atoms with E-state index in [-0.39, 0.29) is 0 Å². The standard InChI is InChI=1S/C6H10N/c1-2-4-6-7-5-3-1/h3,5H,1-2,4,6H2. The van der Waals surface area contributed by atoms with Crippen LogP contribution in [-0.2, 0) is 0 Å². The molecule has 0 amide bonds. The van der Waals surface area contributed by atoms with Gasteiger partial charge in [0.05, 0.1) is 0 Å². The maximum Gasteiger partial charge on any atom is 0.0385 e. The molecule has 0 saturated carbocycles. The third kappa shape index (κ3) is 1.72. The molecule has 0 spiro atoms. The van der Waals surface area contributed by atoms with E-state index in [4.69, 9.17) is 0 Å². The Labute approximate surface area is 44.5 Å². The van der Waals surface area contributed by atoms with Crippen LogP contribution in [0.4, 0.5) is 0 Å². The molecule has 1 radical (unpaired) electrons. The van der Waals surface area contributed by atoms with E-state index in [0.717, 1.165) is 6.54 Å². The van der Waals surface area contributed by atoms with Crippen LogP contribution in [0.5, 0.6) is 0 Å². The Bertz CT molecular complexity index is 58.6. The molecule has 0 N–H and O–H groups in total. The van der Waals surface area contributed by atoms with Crippen molar-refractivity contribution in [2.45, 2.75) is 19.3 Å². The Balaban J connectivity index is 2.20. The average molecular weight is 96.2 g/mol. The van der Waals surface area contributed by atoms with Gasteiger partial charge in [-0.05, 0) is 12.8 Å². The van der Waals surface area contributed by atoms with Gasteiger partial charge in [0.15, 0.2) is 0 Å². The van der Waals surface area contributed by atoms with Crippen LogP contribution in [0.1, 0.15) is 19.3 Å². The molecule has 0 aromatic rings. The number of nitrogens with zero attached hydrogens (tertiary/aromatic N) is 1. The summed E-state index contributed by atoms with van der Waals surface area (Å²) < 4.78 is 0. The minimum Gasteiger partial charge on any atom is -0.297 e. The summed E-state index contributed by atoms with van der Waals surface area (Å²) in [6, 6.07) is 0. The van der Waals surface area contributed by atoms with Crippen LogP contribution >= 0.6 is 0 Å². The van der Waals surface area contributed by atoms with E-state index in [9.17, 15) is 0 Å². The van der Waals surface area contributed by atoms with Crippen molar-refractivity contribution >= 4 is 6.21 Å². The van der Waals surface area contributed by atoms with Crippen molar-refractivity contribution in [2.75, 3.05) is 6.54 Å². The lowest BCUT2D eigenvalue weighted by Gasteiger charge is -1.85. The third-order valence-corrected chi connectivity index (χ3v) is 1.12. The van der Waals surface area contributed by atoms with E-state index in [1.165, 1.54) is 19.3 Å². The lowest BCUT2D eigenvalue weighted by molar-refractivity contribution is 0.767. The zero-order valence-electron chi connectivity index (χ0n) is 4.43. The van der Waals surface area contributed by atoms with Crippen LogP contribution in [-0.4, -0.2) is 12.8 Å². The van der Waals surface area contributed by atoms with Crippen molar-refractivity contribution in [1.82, 2.24) is 0 Å². The second-order valence-corrected chi connectivity index (χ2v) is 1.79. The van der Waals surface area contributed by atoms with Crippen LogP contribution in [0.25, 0.3) is 0 Å². The van der Waals surface area contributed by atoms with Gasteiger partial charge in [0.1, 0.15) is 0 Å². The summed E-state index contributed by atoms with van der Waals surface area (Å²) in [4.78, 5) is 4.09. The van der Waals surface area contributed by atoms with Crippen molar-refractivity contribution in [3.63, 3.8) is 0 Å². The van der Waals surface area contributed by atoms with E-state index >= 15 is 0 Å². The number of aliphatic imine (C=N–C) groups is 1. The van der Waals surface area contributed by atoms with Crippen LogP contribution in [0.15, 0.2) is 4.99 Å². The van der Waals surface area contributed by atoms with Gasteiger partial charge in [-0.2, -0.15) is 0 Å². The quantitative estimate of drug-likeness (QED) is 0.432. The Morgan fingerprint density at radius 2 is 2.29 bits per heavy atom. The molecule has 0 aromatic heterocycles. The summed E-state index contributed by atoms with van der Waals surface area (Å²) in [5.74, 6) is 0. The van der Waals surface area contributed by atoms with Gasteiger partial charge in [0.25, 0.3) is 0 Å². The van der Waals surface area contributed by atoms with Gasteiger partial charge in [0, 0.05) is 19.2 Å². The van der Waals surface area contributed by atoms with E-state index in [2.05, 4.69) is 11.4 Å². The van der Waals surface area contributed by atoms with Gasteiger partial charge in [-0.3, -0.25) is 4.99 Å². The summed E-state index contributed by atoms with van der Waals surface area (Å²) in [6.07, 6.45) is 7.87. The molecule has 0 atom stereocenters. The molecule has 0 unspecified atom stereocenters. The molecule has 0 saturated heterocycles. The molecule has 0 bridgehead atoms. The molecule has 7 heavy (non-hydrogen) atoms. The largest absolute Gasteiger partial charge is 0.297 e. The normalized spacial score (nSPS) is 21.7. The zero-order valence-corrected chi connectivity index (χ0v) is 4.43. The highest BCUT2D eigenvalue weighted by Gasteiger charge is 1.89. The summed E-state index contributed by atoms with van der Waals surface area (Å²) in [6.45, 7) is 1.04. The SMILES string of the molecule is [CH]1C=NCCCC1. The Hall–Kier alpha value is -0.330. The number of hydrogen-bond donors (Lipinski definition) is 0. The molecule has 0 fully saturated rings. The number of rotatable bonds is 0. The fraction of sp³-hybridized carbons (Fsp3) is 0.667. The second-order valence-electron chi connectivity index (χ2n) is 1.79. The molecular formula is C6H10N. The lowest BCUT2D eigenvalue weighted by atomic mass is 10.2. The smallest absolute Gasteiger partial charge is 0.0385 e. The maximum absolute atomic E-state index is 4.09. The molecule has 1 nitrogen and oxygen atoms in total. The van der Waals surface area contributed by atoms with Crippen molar-refractivity contribution in [3.05, 3.63) is 6.42 Å². The Morgan fingerprint density at radius 1 is 1.29 bits per heavy atom. The van der Waals surface area contributed by atoms with Gasteiger partial charge >= 0.3 is 0 Å². The fourth-order valence-electron chi connectivity index (χ4n) is 0.689. The first-order valence-corrected chi connectivity index (χ1v) is 2.82. The highest BCUT2D eigenvalue weighted by atomic mass is 14.7.